The second-order valence-corrected chi connectivity index (χ2v) is 6.38. The Kier molecular flexibility index (Phi) is 3.55. The molecule has 0 bridgehead atoms. The Balaban J connectivity index is 1.45. The molecule has 0 unspecified atom stereocenters. The Morgan fingerprint density at radius 1 is 1.36 bits per heavy atom. The van der Waals surface area contributed by atoms with Crippen LogP contribution >= 0.6 is 11.5 Å². The summed E-state index contributed by atoms with van der Waals surface area (Å²) in [5.74, 6) is -0.355. The highest BCUT2D eigenvalue weighted by molar-refractivity contribution is 7.03. The lowest BCUT2D eigenvalue weighted by Gasteiger charge is -2.22. The normalized spacial score (nSPS) is 30.8. The van der Waals surface area contributed by atoms with Gasteiger partial charge >= 0.3 is 0 Å². The van der Waals surface area contributed by atoms with Crippen molar-refractivity contribution in [3.05, 3.63) is 11.1 Å². The number of fused-ring (bicyclic) bond motifs is 1. The number of carbonyl (C=O) groups excluding carboxylic acids is 2. The van der Waals surface area contributed by atoms with Gasteiger partial charge < -0.3 is 9.64 Å². The molecule has 2 amide bonds. The van der Waals surface area contributed by atoms with Crippen molar-refractivity contribution in [1.82, 2.24) is 19.6 Å². The van der Waals surface area contributed by atoms with Crippen LogP contribution in [0.4, 0.5) is 0 Å². The number of ether oxygens (including phenoxy) is 1. The number of amides is 2. The fourth-order valence-corrected chi connectivity index (χ4v) is 3.79. The fourth-order valence-electron chi connectivity index (χ4n) is 3.36. The molecular weight excluding hydrogens is 308 g/mol. The Hall–Kier alpha value is -1.58. The average molecular weight is 324 g/mol. The van der Waals surface area contributed by atoms with Gasteiger partial charge in [0.2, 0.25) is 0 Å². The lowest BCUT2D eigenvalue weighted by Crippen LogP contribution is -2.38. The van der Waals surface area contributed by atoms with Crippen molar-refractivity contribution >= 4 is 23.3 Å². The van der Waals surface area contributed by atoms with E-state index < -0.39 is 0 Å². The molecule has 3 fully saturated rings. The van der Waals surface area contributed by atoms with Crippen LogP contribution in [0, 0.1) is 11.8 Å². The Bertz CT molecular complexity index is 575. The zero-order chi connectivity index (χ0) is 15.1. The van der Waals surface area contributed by atoms with Crippen LogP contribution in [0.5, 0.6) is 0 Å². The van der Waals surface area contributed by atoms with E-state index in [9.17, 15) is 9.59 Å². The minimum Gasteiger partial charge on any atom is -0.375 e. The van der Waals surface area contributed by atoms with E-state index in [4.69, 9.17) is 9.57 Å². The highest BCUT2D eigenvalue weighted by Gasteiger charge is 2.49. The maximum absolute atomic E-state index is 12.5. The molecule has 0 radical (unpaired) electrons. The zero-order valence-corrected chi connectivity index (χ0v) is 12.7. The SMILES string of the molecule is O=C(c1csnn1)N1C[C@@H]2[C@H](C1)OC[C@@H]2C(=O)N1CCCO1. The molecule has 22 heavy (non-hydrogen) atoms. The second-order valence-electron chi connectivity index (χ2n) is 5.77. The summed E-state index contributed by atoms with van der Waals surface area (Å²) < 4.78 is 9.46. The molecule has 1 aromatic heterocycles. The van der Waals surface area contributed by atoms with Crippen LogP contribution in [-0.4, -0.2) is 70.3 Å². The topological polar surface area (TPSA) is 84.9 Å². The van der Waals surface area contributed by atoms with Gasteiger partial charge in [-0.25, -0.2) is 5.06 Å². The van der Waals surface area contributed by atoms with Gasteiger partial charge in [-0.2, -0.15) is 0 Å². The van der Waals surface area contributed by atoms with Crippen LogP contribution in [0.1, 0.15) is 16.9 Å². The quantitative estimate of drug-likeness (QED) is 0.748. The average Bonchev–Trinajstić information content (AvgIpc) is 3.29. The summed E-state index contributed by atoms with van der Waals surface area (Å²) in [7, 11) is 0. The van der Waals surface area contributed by atoms with Gasteiger partial charge in [-0.1, -0.05) is 4.49 Å². The maximum Gasteiger partial charge on any atom is 0.275 e. The van der Waals surface area contributed by atoms with Crippen LogP contribution in [0.25, 0.3) is 0 Å². The Labute approximate surface area is 131 Å². The monoisotopic (exact) mass is 324 g/mol. The van der Waals surface area contributed by atoms with E-state index in [0.717, 1.165) is 18.0 Å². The summed E-state index contributed by atoms with van der Waals surface area (Å²) >= 11 is 1.15. The first-order valence-electron chi connectivity index (χ1n) is 7.36. The summed E-state index contributed by atoms with van der Waals surface area (Å²) in [6.45, 7) is 2.67. The summed E-state index contributed by atoms with van der Waals surface area (Å²) in [6.07, 6.45) is 0.793. The van der Waals surface area contributed by atoms with Gasteiger partial charge in [-0.05, 0) is 18.0 Å². The number of hydrogen-bond acceptors (Lipinski definition) is 7. The van der Waals surface area contributed by atoms with Crippen molar-refractivity contribution in [2.45, 2.75) is 12.5 Å². The van der Waals surface area contributed by atoms with Crippen LogP contribution < -0.4 is 0 Å². The van der Waals surface area contributed by atoms with Gasteiger partial charge in [0.15, 0.2) is 5.69 Å². The first-order valence-corrected chi connectivity index (χ1v) is 8.20. The van der Waals surface area contributed by atoms with Gasteiger partial charge in [0, 0.05) is 24.4 Å². The summed E-state index contributed by atoms with van der Waals surface area (Å²) in [6, 6.07) is 0. The molecule has 3 atom stereocenters. The van der Waals surface area contributed by atoms with E-state index in [2.05, 4.69) is 9.59 Å². The molecule has 0 aliphatic carbocycles. The van der Waals surface area contributed by atoms with Crippen LogP contribution in [0.2, 0.25) is 0 Å². The van der Waals surface area contributed by atoms with Crippen LogP contribution in [-0.2, 0) is 14.4 Å². The standard InChI is InChI=1S/C13H16N4O4S/c18-12(17-2-1-3-21-17)9-6-20-11-5-16(4-8(9)11)13(19)10-7-22-15-14-10/h7-9,11H,1-6H2/t8-,9-,11-/m0/s1. The summed E-state index contributed by atoms with van der Waals surface area (Å²) in [4.78, 5) is 31.9. The molecule has 3 saturated heterocycles. The first kappa shape index (κ1) is 14.0. The molecule has 9 heteroatoms. The molecule has 0 spiro atoms. The molecule has 1 aromatic rings. The number of rotatable bonds is 2. The third-order valence-electron chi connectivity index (χ3n) is 4.50. The van der Waals surface area contributed by atoms with Gasteiger partial charge in [0.25, 0.3) is 11.8 Å². The first-order chi connectivity index (χ1) is 10.7. The van der Waals surface area contributed by atoms with Gasteiger partial charge in [-0.15, -0.1) is 5.10 Å². The lowest BCUT2D eigenvalue weighted by molar-refractivity contribution is -0.174. The summed E-state index contributed by atoms with van der Waals surface area (Å²) in [5, 5.41) is 6.90. The molecule has 118 valence electrons. The van der Waals surface area contributed by atoms with E-state index in [1.807, 2.05) is 0 Å². The molecule has 3 aliphatic heterocycles. The Morgan fingerprint density at radius 3 is 3.00 bits per heavy atom. The van der Waals surface area contributed by atoms with Crippen LogP contribution in [0.3, 0.4) is 0 Å². The molecule has 0 saturated carbocycles. The number of aromatic nitrogens is 2. The van der Waals surface area contributed by atoms with Gasteiger partial charge in [0.1, 0.15) is 0 Å². The van der Waals surface area contributed by atoms with Crippen LogP contribution in [0.15, 0.2) is 5.38 Å². The fraction of sp³-hybridized carbons (Fsp3) is 0.692. The molecular formula is C13H16N4O4S. The molecule has 4 rings (SSSR count). The van der Waals surface area contributed by atoms with Crippen molar-refractivity contribution in [2.75, 3.05) is 32.8 Å². The molecule has 0 N–H and O–H groups in total. The number of hydroxylamine groups is 2. The zero-order valence-electron chi connectivity index (χ0n) is 11.9. The van der Waals surface area contributed by atoms with Crippen molar-refractivity contribution < 1.29 is 19.2 Å². The largest absolute Gasteiger partial charge is 0.375 e. The van der Waals surface area contributed by atoms with Gasteiger partial charge in [-0.3, -0.25) is 14.4 Å². The second kappa shape index (κ2) is 5.56. The number of carbonyl (C=O) groups is 2. The lowest BCUT2D eigenvalue weighted by atomic mass is 9.92. The Morgan fingerprint density at radius 2 is 2.27 bits per heavy atom. The smallest absolute Gasteiger partial charge is 0.275 e. The third-order valence-corrected chi connectivity index (χ3v) is 5.00. The minimum absolute atomic E-state index is 0.0189. The molecule has 0 aromatic carbocycles. The number of nitrogens with zero attached hydrogens (tertiary/aromatic N) is 4. The van der Waals surface area contributed by atoms with E-state index in [1.54, 1.807) is 10.3 Å². The van der Waals surface area contributed by atoms with Crippen molar-refractivity contribution in [2.24, 2.45) is 11.8 Å². The summed E-state index contributed by atoms with van der Waals surface area (Å²) in [5.41, 5.74) is 0.357. The predicted octanol–water partition coefficient (Wildman–Crippen LogP) is -0.211. The van der Waals surface area contributed by atoms with E-state index in [1.165, 1.54) is 5.06 Å². The van der Waals surface area contributed by atoms with Crippen molar-refractivity contribution in [1.29, 1.82) is 0 Å². The van der Waals surface area contributed by atoms with Crippen molar-refractivity contribution in [3.8, 4) is 0 Å². The van der Waals surface area contributed by atoms with E-state index >= 15 is 0 Å². The predicted molar refractivity (Wildman–Crippen MR) is 74.8 cm³/mol. The van der Waals surface area contributed by atoms with E-state index in [-0.39, 0.29) is 29.8 Å². The highest BCUT2D eigenvalue weighted by atomic mass is 32.1. The number of likely N-dealkylation sites (tertiary alicyclic amines) is 1. The molecule has 8 nitrogen and oxygen atoms in total. The molecule has 4 heterocycles. The molecule has 3 aliphatic rings. The number of hydrogen-bond donors (Lipinski definition) is 0. The van der Waals surface area contributed by atoms with Gasteiger partial charge in [0.05, 0.1) is 31.8 Å². The van der Waals surface area contributed by atoms with E-state index in [0.29, 0.717) is 38.5 Å². The minimum atomic E-state index is -0.227. The third kappa shape index (κ3) is 2.29. The maximum atomic E-state index is 12.5. The van der Waals surface area contributed by atoms with Crippen molar-refractivity contribution in [3.63, 3.8) is 0 Å². The highest BCUT2D eigenvalue weighted by Crippen LogP contribution is 2.35.